The highest BCUT2D eigenvalue weighted by Gasteiger charge is 2.48. The van der Waals surface area contributed by atoms with Crippen LogP contribution in [0.2, 0.25) is 5.02 Å². The second-order valence-electron chi connectivity index (χ2n) is 7.56. The van der Waals surface area contributed by atoms with E-state index < -0.39 is 21.8 Å². The second kappa shape index (κ2) is 6.93. The van der Waals surface area contributed by atoms with Crippen molar-refractivity contribution in [2.24, 2.45) is 0 Å². The predicted molar refractivity (Wildman–Crippen MR) is 114 cm³/mol. The van der Waals surface area contributed by atoms with Crippen molar-refractivity contribution in [2.75, 3.05) is 5.32 Å². The Labute approximate surface area is 183 Å². The van der Waals surface area contributed by atoms with Crippen LogP contribution in [0.1, 0.15) is 39.3 Å². The molecular formula is C21H17ClN4O4S. The number of aromatic nitrogens is 2. The molecule has 1 aliphatic carbocycles. The molecule has 0 atom stereocenters. The Balaban J connectivity index is 1.47. The number of carbonyl (C=O) groups excluding carboxylic acids is 2. The monoisotopic (exact) mass is 456 g/mol. The third-order valence-electron chi connectivity index (χ3n) is 5.22. The molecule has 2 aromatic carbocycles. The Kier molecular flexibility index (Phi) is 4.42. The summed E-state index contributed by atoms with van der Waals surface area (Å²) in [6.07, 6.45) is 1.33. The first-order chi connectivity index (χ1) is 14.8. The summed E-state index contributed by atoms with van der Waals surface area (Å²) < 4.78 is 28.1. The van der Waals surface area contributed by atoms with E-state index in [1.54, 1.807) is 41.9 Å². The fourth-order valence-corrected chi connectivity index (χ4v) is 5.67. The van der Waals surface area contributed by atoms with E-state index in [4.69, 9.17) is 11.6 Å². The van der Waals surface area contributed by atoms with Crippen LogP contribution in [0.3, 0.4) is 0 Å². The first kappa shape index (κ1) is 19.8. The minimum absolute atomic E-state index is 0.100. The Bertz CT molecular complexity index is 1360. The van der Waals surface area contributed by atoms with Crippen LogP contribution in [0.25, 0.3) is 5.69 Å². The van der Waals surface area contributed by atoms with Gasteiger partial charge >= 0.3 is 0 Å². The van der Waals surface area contributed by atoms with E-state index in [0.717, 1.165) is 4.31 Å². The SMILES string of the molecule is Cc1cc(NC(=O)c2ccc3c(c2)S(=O)(=O)N(C2CC2)C3=O)n(-c2cccc(Cl)c2)n1. The number of rotatable bonds is 4. The highest BCUT2D eigenvalue weighted by molar-refractivity contribution is 7.90. The number of fused-ring (bicyclic) bond motifs is 1. The highest BCUT2D eigenvalue weighted by atomic mass is 35.5. The molecule has 5 rings (SSSR count). The largest absolute Gasteiger partial charge is 0.306 e. The number of sulfonamides is 1. The van der Waals surface area contributed by atoms with Crippen molar-refractivity contribution in [3.63, 3.8) is 0 Å². The molecule has 8 nitrogen and oxygen atoms in total. The van der Waals surface area contributed by atoms with Crippen LogP contribution in [-0.2, 0) is 10.0 Å². The first-order valence-electron chi connectivity index (χ1n) is 9.62. The van der Waals surface area contributed by atoms with Crippen molar-refractivity contribution >= 4 is 39.3 Å². The molecule has 0 unspecified atom stereocenters. The molecule has 2 heterocycles. The zero-order valence-corrected chi connectivity index (χ0v) is 17.9. The lowest BCUT2D eigenvalue weighted by Gasteiger charge is -2.13. The zero-order valence-electron chi connectivity index (χ0n) is 16.4. The summed E-state index contributed by atoms with van der Waals surface area (Å²) in [7, 11) is -3.94. The Hall–Kier alpha value is -3.17. The zero-order chi connectivity index (χ0) is 21.9. The fraction of sp³-hybridized carbons (Fsp3) is 0.190. The minimum atomic E-state index is -3.94. The molecule has 3 aromatic rings. The summed E-state index contributed by atoms with van der Waals surface area (Å²) in [6.45, 7) is 1.79. The van der Waals surface area contributed by atoms with Gasteiger partial charge in [0.1, 0.15) is 10.7 Å². The van der Waals surface area contributed by atoms with E-state index in [9.17, 15) is 18.0 Å². The topological polar surface area (TPSA) is 101 Å². The maximum absolute atomic E-state index is 12.9. The van der Waals surface area contributed by atoms with Crippen molar-refractivity contribution < 1.29 is 18.0 Å². The van der Waals surface area contributed by atoms with E-state index >= 15 is 0 Å². The molecule has 2 aliphatic rings. The maximum atomic E-state index is 12.9. The molecule has 0 bridgehead atoms. The number of benzene rings is 2. The molecule has 1 saturated carbocycles. The van der Waals surface area contributed by atoms with Gasteiger partial charge in [-0.2, -0.15) is 5.10 Å². The molecule has 1 N–H and O–H groups in total. The molecule has 1 aliphatic heterocycles. The number of aryl methyl sites for hydroxylation is 1. The number of amides is 2. The molecular weight excluding hydrogens is 440 g/mol. The van der Waals surface area contributed by atoms with Crippen molar-refractivity contribution in [1.29, 1.82) is 0 Å². The number of nitrogens with one attached hydrogen (secondary N) is 1. The molecule has 158 valence electrons. The number of anilines is 1. The maximum Gasteiger partial charge on any atom is 0.269 e. The van der Waals surface area contributed by atoms with Crippen LogP contribution in [0.5, 0.6) is 0 Å². The van der Waals surface area contributed by atoms with Crippen LogP contribution in [-0.4, -0.2) is 40.4 Å². The van der Waals surface area contributed by atoms with Crippen molar-refractivity contribution in [3.05, 3.63) is 70.4 Å². The molecule has 0 radical (unpaired) electrons. The van der Waals surface area contributed by atoms with Gasteiger partial charge in [-0.05, 0) is 56.2 Å². The van der Waals surface area contributed by atoms with E-state index in [-0.39, 0.29) is 22.1 Å². The summed E-state index contributed by atoms with van der Waals surface area (Å²) in [5.41, 5.74) is 1.57. The number of nitrogens with zero attached hydrogens (tertiary/aromatic N) is 3. The third-order valence-corrected chi connectivity index (χ3v) is 7.33. The van der Waals surface area contributed by atoms with Crippen LogP contribution in [0, 0.1) is 6.92 Å². The van der Waals surface area contributed by atoms with E-state index in [1.807, 2.05) is 0 Å². The van der Waals surface area contributed by atoms with Crippen LogP contribution in [0.15, 0.2) is 53.4 Å². The lowest BCUT2D eigenvalue weighted by molar-refractivity contribution is 0.0864. The lowest BCUT2D eigenvalue weighted by atomic mass is 10.1. The van der Waals surface area contributed by atoms with Gasteiger partial charge in [0.2, 0.25) is 0 Å². The standard InChI is InChI=1S/C21H17ClN4O4S/c1-12-9-19(25(24-12)16-4-2-3-14(22)11-16)23-20(27)13-5-8-17-18(10-13)31(29,30)26(21(17)28)15-6-7-15/h2-5,8-11,15H,6-7H2,1H3,(H,23,27). The normalized spacial score (nSPS) is 17.0. The number of halogens is 1. The highest BCUT2D eigenvalue weighted by Crippen LogP contribution is 2.39. The quantitative estimate of drug-likeness (QED) is 0.648. The van der Waals surface area contributed by atoms with Crippen molar-refractivity contribution in [2.45, 2.75) is 30.7 Å². The summed E-state index contributed by atoms with van der Waals surface area (Å²) in [5.74, 6) is -0.638. The number of hydrogen-bond acceptors (Lipinski definition) is 5. The van der Waals surface area contributed by atoms with Crippen molar-refractivity contribution in [3.8, 4) is 5.69 Å². The van der Waals surface area contributed by atoms with E-state index in [1.165, 1.54) is 18.2 Å². The van der Waals surface area contributed by atoms with Gasteiger partial charge in [-0.1, -0.05) is 17.7 Å². The van der Waals surface area contributed by atoms with E-state index in [0.29, 0.717) is 35.1 Å². The average Bonchev–Trinajstić information content (AvgIpc) is 3.44. The van der Waals surface area contributed by atoms with Gasteiger partial charge < -0.3 is 5.32 Å². The van der Waals surface area contributed by atoms with Gasteiger partial charge in [0.05, 0.1) is 16.9 Å². The van der Waals surface area contributed by atoms with Gasteiger partial charge in [-0.3, -0.25) is 9.59 Å². The second-order valence-corrected chi connectivity index (χ2v) is 9.78. The summed E-state index contributed by atoms with van der Waals surface area (Å²) >= 11 is 6.07. The minimum Gasteiger partial charge on any atom is -0.306 e. The molecule has 10 heteroatoms. The van der Waals surface area contributed by atoms with Crippen molar-refractivity contribution in [1.82, 2.24) is 14.1 Å². The van der Waals surface area contributed by atoms with E-state index in [2.05, 4.69) is 10.4 Å². The molecule has 1 aromatic heterocycles. The molecule has 0 spiro atoms. The number of carbonyl (C=O) groups is 2. The third kappa shape index (κ3) is 3.30. The Morgan fingerprint density at radius 1 is 1.16 bits per heavy atom. The fourth-order valence-electron chi connectivity index (χ4n) is 3.64. The van der Waals surface area contributed by atoms with Gasteiger partial charge in [0.15, 0.2) is 0 Å². The lowest BCUT2D eigenvalue weighted by Crippen LogP contribution is -2.31. The van der Waals surface area contributed by atoms with Crippen LogP contribution < -0.4 is 5.32 Å². The summed E-state index contributed by atoms with van der Waals surface area (Å²) in [4.78, 5) is 25.3. The van der Waals surface area contributed by atoms with Gasteiger partial charge in [-0.25, -0.2) is 17.4 Å². The molecule has 1 fully saturated rings. The molecule has 2 amide bonds. The first-order valence-corrected chi connectivity index (χ1v) is 11.4. The Morgan fingerprint density at radius 2 is 1.94 bits per heavy atom. The van der Waals surface area contributed by atoms with Gasteiger partial charge in [0.25, 0.3) is 21.8 Å². The summed E-state index contributed by atoms with van der Waals surface area (Å²) in [5, 5.41) is 7.68. The van der Waals surface area contributed by atoms with Crippen LogP contribution >= 0.6 is 11.6 Å². The smallest absolute Gasteiger partial charge is 0.269 e. The van der Waals surface area contributed by atoms with Gasteiger partial charge in [-0.15, -0.1) is 0 Å². The molecule has 31 heavy (non-hydrogen) atoms. The molecule has 0 saturated heterocycles. The van der Waals surface area contributed by atoms with Crippen LogP contribution in [0.4, 0.5) is 5.82 Å². The predicted octanol–water partition coefficient (Wildman–Crippen LogP) is 3.39. The number of hydrogen-bond donors (Lipinski definition) is 1. The summed E-state index contributed by atoms with van der Waals surface area (Å²) in [6, 6.07) is 12.5. The Morgan fingerprint density at radius 3 is 2.65 bits per heavy atom. The average molecular weight is 457 g/mol. The van der Waals surface area contributed by atoms with Gasteiger partial charge in [0, 0.05) is 22.7 Å².